The Balaban J connectivity index is 1.63. The Bertz CT molecular complexity index is 893. The highest BCUT2D eigenvalue weighted by molar-refractivity contribution is 6.33. The van der Waals surface area contributed by atoms with Gasteiger partial charge in [-0.05, 0) is 70.7 Å². The number of nitrogens with one attached hydrogen (secondary N) is 1. The molecule has 3 rings (SSSR count). The molecule has 0 atom stereocenters. The van der Waals surface area contributed by atoms with Crippen LogP contribution in [0, 0.1) is 13.5 Å². The van der Waals surface area contributed by atoms with Gasteiger partial charge in [0.15, 0.2) is 0 Å². The molecule has 1 aliphatic carbocycles. The van der Waals surface area contributed by atoms with Crippen LogP contribution in [0.2, 0.25) is 5.02 Å². The standard InChI is InChI=1S/C24H28ClN3O/c1-16(2)28(21-13-14-23(26-4)22(25)15-21)20-11-9-19(10-12-20)27-24(29)18-7-5-17(3)6-8-18/h5-8,13-16,19-20H,9-12H2,1-3H3,(H,27,29). The van der Waals surface area contributed by atoms with Gasteiger partial charge in [0.05, 0.1) is 6.57 Å². The zero-order valence-electron chi connectivity index (χ0n) is 17.3. The summed E-state index contributed by atoms with van der Waals surface area (Å²) in [5.74, 6) is 0.00989. The van der Waals surface area contributed by atoms with E-state index in [1.165, 1.54) is 0 Å². The van der Waals surface area contributed by atoms with Crippen molar-refractivity contribution in [2.24, 2.45) is 0 Å². The molecule has 4 nitrogen and oxygen atoms in total. The molecular formula is C24H28ClN3O. The maximum atomic E-state index is 12.5. The zero-order chi connectivity index (χ0) is 21.0. The smallest absolute Gasteiger partial charge is 0.251 e. The second-order valence-electron chi connectivity index (χ2n) is 8.09. The SMILES string of the molecule is [C-]#[N+]c1ccc(N(C(C)C)C2CCC(NC(=O)c3ccc(C)cc3)CC2)cc1Cl. The molecule has 1 fully saturated rings. The molecular weight excluding hydrogens is 382 g/mol. The van der Waals surface area contributed by atoms with Crippen molar-refractivity contribution in [3.63, 3.8) is 0 Å². The van der Waals surface area contributed by atoms with E-state index in [0.717, 1.165) is 42.5 Å². The van der Waals surface area contributed by atoms with Crippen molar-refractivity contribution in [1.29, 1.82) is 0 Å². The Morgan fingerprint density at radius 3 is 2.34 bits per heavy atom. The van der Waals surface area contributed by atoms with Crippen LogP contribution in [0.3, 0.4) is 0 Å². The summed E-state index contributed by atoms with van der Waals surface area (Å²) in [6.45, 7) is 13.6. The van der Waals surface area contributed by atoms with Crippen LogP contribution >= 0.6 is 11.6 Å². The molecule has 1 N–H and O–H groups in total. The van der Waals surface area contributed by atoms with E-state index >= 15 is 0 Å². The van der Waals surface area contributed by atoms with Gasteiger partial charge in [0.25, 0.3) is 5.91 Å². The first kappa shape index (κ1) is 21.2. The van der Waals surface area contributed by atoms with Crippen LogP contribution in [0.4, 0.5) is 11.4 Å². The van der Waals surface area contributed by atoms with Crippen molar-refractivity contribution in [2.75, 3.05) is 4.90 Å². The summed E-state index contributed by atoms with van der Waals surface area (Å²) in [6.07, 6.45) is 3.94. The molecule has 152 valence electrons. The topological polar surface area (TPSA) is 36.7 Å². The molecule has 1 aliphatic rings. The number of carbonyl (C=O) groups is 1. The van der Waals surface area contributed by atoms with E-state index in [1.807, 2.05) is 43.3 Å². The number of hydrogen-bond acceptors (Lipinski definition) is 2. The van der Waals surface area contributed by atoms with Gasteiger partial charge in [-0.1, -0.05) is 35.4 Å². The van der Waals surface area contributed by atoms with Gasteiger partial charge >= 0.3 is 0 Å². The molecule has 0 heterocycles. The fraction of sp³-hybridized carbons (Fsp3) is 0.417. The van der Waals surface area contributed by atoms with E-state index in [4.69, 9.17) is 18.2 Å². The van der Waals surface area contributed by atoms with Crippen molar-refractivity contribution in [3.8, 4) is 0 Å². The van der Waals surface area contributed by atoms with Crippen molar-refractivity contribution in [3.05, 3.63) is 70.0 Å². The number of carbonyl (C=O) groups excluding carboxylic acids is 1. The molecule has 0 aliphatic heterocycles. The molecule has 2 aromatic rings. The maximum absolute atomic E-state index is 12.5. The Morgan fingerprint density at radius 1 is 1.14 bits per heavy atom. The summed E-state index contributed by atoms with van der Waals surface area (Å²) in [4.78, 5) is 18.4. The zero-order valence-corrected chi connectivity index (χ0v) is 18.0. The lowest BCUT2D eigenvalue weighted by molar-refractivity contribution is 0.0925. The van der Waals surface area contributed by atoms with Crippen LogP contribution in [0.1, 0.15) is 55.5 Å². The van der Waals surface area contributed by atoms with Crippen LogP contribution < -0.4 is 10.2 Å². The number of benzene rings is 2. The molecule has 0 radical (unpaired) electrons. The number of nitrogens with zero attached hydrogens (tertiary/aromatic N) is 2. The third-order valence-electron chi connectivity index (χ3n) is 5.65. The minimum atomic E-state index is 0.00989. The minimum Gasteiger partial charge on any atom is -0.366 e. The summed E-state index contributed by atoms with van der Waals surface area (Å²) in [7, 11) is 0. The Kier molecular flexibility index (Phi) is 6.82. The van der Waals surface area contributed by atoms with Crippen LogP contribution in [0.25, 0.3) is 4.85 Å². The predicted octanol–water partition coefficient (Wildman–Crippen LogP) is 6.16. The van der Waals surface area contributed by atoms with Crippen molar-refractivity contribution in [1.82, 2.24) is 5.32 Å². The summed E-state index contributed by atoms with van der Waals surface area (Å²) < 4.78 is 0. The number of amides is 1. The average molecular weight is 410 g/mol. The summed E-state index contributed by atoms with van der Waals surface area (Å²) in [5.41, 5.74) is 3.42. The molecule has 0 bridgehead atoms. The van der Waals surface area contributed by atoms with Gasteiger partial charge in [-0.3, -0.25) is 4.79 Å². The van der Waals surface area contributed by atoms with Gasteiger partial charge < -0.3 is 10.2 Å². The summed E-state index contributed by atoms with van der Waals surface area (Å²) >= 11 is 6.28. The largest absolute Gasteiger partial charge is 0.366 e. The minimum absolute atomic E-state index is 0.00989. The van der Waals surface area contributed by atoms with Crippen molar-refractivity contribution in [2.45, 2.75) is 64.6 Å². The summed E-state index contributed by atoms with van der Waals surface area (Å²) in [5, 5.41) is 3.70. The summed E-state index contributed by atoms with van der Waals surface area (Å²) in [6, 6.07) is 14.3. The number of rotatable bonds is 5. The second kappa shape index (κ2) is 9.33. The van der Waals surface area contributed by atoms with Gasteiger partial charge in [0.1, 0.15) is 0 Å². The van der Waals surface area contributed by atoms with Gasteiger partial charge in [0.2, 0.25) is 5.69 Å². The van der Waals surface area contributed by atoms with E-state index in [9.17, 15) is 4.79 Å². The number of hydrogen-bond donors (Lipinski definition) is 1. The lowest BCUT2D eigenvalue weighted by Gasteiger charge is -2.41. The number of halogens is 1. The van der Waals surface area contributed by atoms with Gasteiger partial charge in [-0.15, -0.1) is 0 Å². The highest BCUT2D eigenvalue weighted by atomic mass is 35.5. The first-order valence-corrected chi connectivity index (χ1v) is 10.6. The second-order valence-corrected chi connectivity index (χ2v) is 8.50. The number of anilines is 1. The third kappa shape index (κ3) is 5.10. The molecule has 0 saturated heterocycles. The molecule has 0 spiro atoms. The normalized spacial score (nSPS) is 18.9. The van der Waals surface area contributed by atoms with Crippen molar-refractivity contribution >= 4 is 28.9 Å². The highest BCUT2D eigenvalue weighted by Gasteiger charge is 2.28. The molecule has 1 saturated carbocycles. The monoisotopic (exact) mass is 409 g/mol. The fourth-order valence-corrected chi connectivity index (χ4v) is 4.37. The molecule has 5 heteroatoms. The van der Waals surface area contributed by atoms with Crippen LogP contribution in [-0.4, -0.2) is 24.0 Å². The van der Waals surface area contributed by atoms with Crippen LogP contribution in [0.5, 0.6) is 0 Å². The van der Waals surface area contributed by atoms with Gasteiger partial charge in [-0.2, -0.15) is 0 Å². The van der Waals surface area contributed by atoms with E-state index in [-0.39, 0.29) is 11.9 Å². The van der Waals surface area contributed by atoms with Gasteiger partial charge in [0, 0.05) is 34.4 Å². The van der Waals surface area contributed by atoms with E-state index in [1.54, 1.807) is 6.07 Å². The Hall–Kier alpha value is -2.51. The van der Waals surface area contributed by atoms with Crippen molar-refractivity contribution < 1.29 is 4.79 Å². The fourth-order valence-electron chi connectivity index (χ4n) is 4.15. The van der Waals surface area contributed by atoms with Gasteiger partial charge in [-0.25, -0.2) is 4.85 Å². The Morgan fingerprint density at radius 2 is 1.79 bits per heavy atom. The lowest BCUT2D eigenvalue weighted by Crippen LogP contribution is -2.46. The van der Waals surface area contributed by atoms with E-state index in [0.29, 0.717) is 22.8 Å². The first-order valence-electron chi connectivity index (χ1n) is 10.2. The Labute approximate surface area is 178 Å². The lowest BCUT2D eigenvalue weighted by atomic mass is 9.89. The van der Waals surface area contributed by atoms with Crippen LogP contribution in [0.15, 0.2) is 42.5 Å². The first-order chi connectivity index (χ1) is 13.9. The quantitative estimate of drug-likeness (QED) is 0.600. The van der Waals surface area contributed by atoms with Crippen LogP contribution in [-0.2, 0) is 0 Å². The predicted molar refractivity (Wildman–Crippen MR) is 120 cm³/mol. The van der Waals surface area contributed by atoms with E-state index in [2.05, 4.69) is 28.9 Å². The highest BCUT2D eigenvalue weighted by Crippen LogP contribution is 2.34. The third-order valence-corrected chi connectivity index (χ3v) is 5.95. The molecule has 0 unspecified atom stereocenters. The molecule has 2 aromatic carbocycles. The maximum Gasteiger partial charge on any atom is 0.251 e. The average Bonchev–Trinajstić information content (AvgIpc) is 2.70. The molecule has 29 heavy (non-hydrogen) atoms. The molecule has 0 aromatic heterocycles. The molecule has 1 amide bonds. The van der Waals surface area contributed by atoms with E-state index < -0.39 is 0 Å². The number of aryl methyl sites for hydroxylation is 1.